The Morgan fingerprint density at radius 3 is 1.03 bits per heavy atom. The summed E-state index contributed by atoms with van der Waals surface area (Å²) in [5.74, 6) is -0.867. The number of phosphoric acid groups is 1. The van der Waals surface area contributed by atoms with Gasteiger partial charge in [-0.15, -0.1) is 0 Å². The highest BCUT2D eigenvalue weighted by Crippen LogP contribution is 2.36. The maximum atomic E-state index is 12.5. The van der Waals surface area contributed by atoms with E-state index in [0.29, 0.717) is 6.42 Å². The molecule has 8 nitrogen and oxygen atoms in total. The first-order valence-corrected chi connectivity index (χ1v) is 27.0. The first kappa shape index (κ1) is 57.8. The molecule has 350 valence electrons. The third-order valence-electron chi connectivity index (χ3n) is 11.5. The van der Waals surface area contributed by atoms with Gasteiger partial charge in [-0.3, -0.25) is 14.1 Å². The standard InChI is InChI=1S/C50H97O8P/c1-3-5-7-9-11-13-15-17-19-21-23-25-27-29-31-33-35-37-39-41-43-45-50(52)58-48(47-57-59(53,54)55)46-56-49(51)44-42-40-38-36-34-32-30-28-26-24-22-20-18-16-14-12-10-8-6-4-2/h17,19,48H,3-16,18,20-47H2,1-2H3,(H2,53,54,55)/b19-17+/t48-/m1/s1. The van der Waals surface area contributed by atoms with Gasteiger partial charge in [0, 0.05) is 12.8 Å². The Morgan fingerprint density at radius 1 is 0.424 bits per heavy atom. The van der Waals surface area contributed by atoms with Crippen LogP contribution in [-0.2, 0) is 28.2 Å². The zero-order valence-electron chi connectivity index (χ0n) is 38.9. The molecule has 0 aliphatic heterocycles. The second kappa shape index (κ2) is 46.3. The number of rotatable bonds is 48. The van der Waals surface area contributed by atoms with E-state index in [9.17, 15) is 14.2 Å². The molecule has 0 radical (unpaired) electrons. The SMILES string of the molecule is CCCCCCCC/C=C/CCCCCCCCCCCCCC(=O)O[C@H](COC(=O)CCCCCCCCCCCCCCCCCCCCCC)COP(=O)(O)O. The molecule has 59 heavy (non-hydrogen) atoms. The molecular weight excluding hydrogens is 760 g/mol. The van der Waals surface area contributed by atoms with Crippen LogP contribution in [0.4, 0.5) is 0 Å². The first-order valence-electron chi connectivity index (χ1n) is 25.5. The predicted molar refractivity (Wildman–Crippen MR) is 249 cm³/mol. The number of hydrogen-bond donors (Lipinski definition) is 2. The highest BCUT2D eigenvalue weighted by atomic mass is 31.2. The minimum Gasteiger partial charge on any atom is -0.462 e. The third kappa shape index (κ3) is 49.3. The molecule has 1 atom stereocenters. The minimum atomic E-state index is -4.75. The molecule has 0 aliphatic rings. The van der Waals surface area contributed by atoms with Crippen LogP contribution in [-0.4, -0.2) is 41.0 Å². The van der Waals surface area contributed by atoms with E-state index in [1.165, 1.54) is 205 Å². The summed E-state index contributed by atoms with van der Waals surface area (Å²) in [5.41, 5.74) is 0. The number of hydrogen-bond acceptors (Lipinski definition) is 6. The number of allylic oxidation sites excluding steroid dienone is 2. The zero-order valence-corrected chi connectivity index (χ0v) is 39.8. The van der Waals surface area contributed by atoms with Crippen LogP contribution in [0.5, 0.6) is 0 Å². The van der Waals surface area contributed by atoms with Crippen LogP contribution < -0.4 is 0 Å². The Kier molecular flexibility index (Phi) is 45.3. The van der Waals surface area contributed by atoms with Gasteiger partial charge >= 0.3 is 19.8 Å². The largest absolute Gasteiger partial charge is 0.469 e. The summed E-state index contributed by atoms with van der Waals surface area (Å²) in [6.07, 6.45) is 53.7. The first-order chi connectivity index (χ1) is 28.8. The van der Waals surface area contributed by atoms with Crippen molar-refractivity contribution < 1.29 is 37.9 Å². The third-order valence-corrected chi connectivity index (χ3v) is 12.0. The van der Waals surface area contributed by atoms with Gasteiger partial charge in [0.15, 0.2) is 6.10 Å². The van der Waals surface area contributed by atoms with Crippen molar-refractivity contribution in [2.75, 3.05) is 13.2 Å². The summed E-state index contributed by atoms with van der Waals surface area (Å²) in [4.78, 5) is 43.1. The average molecular weight is 857 g/mol. The lowest BCUT2D eigenvalue weighted by Gasteiger charge is -2.18. The number of phosphoric ester groups is 1. The number of unbranched alkanes of at least 4 members (excludes halogenated alkanes) is 36. The Bertz CT molecular complexity index is 967. The van der Waals surface area contributed by atoms with Crippen molar-refractivity contribution >= 4 is 19.8 Å². The van der Waals surface area contributed by atoms with Crippen LogP contribution in [0.25, 0.3) is 0 Å². The summed E-state index contributed by atoms with van der Waals surface area (Å²) in [5, 5.41) is 0. The van der Waals surface area contributed by atoms with E-state index in [4.69, 9.17) is 19.3 Å². The molecule has 0 aromatic heterocycles. The molecule has 0 unspecified atom stereocenters. The van der Waals surface area contributed by atoms with E-state index in [1.54, 1.807) is 0 Å². The van der Waals surface area contributed by atoms with Crippen molar-refractivity contribution in [3.05, 3.63) is 12.2 Å². The topological polar surface area (TPSA) is 119 Å². The number of carbonyl (C=O) groups is 2. The molecule has 0 bridgehead atoms. The second-order valence-electron chi connectivity index (χ2n) is 17.5. The van der Waals surface area contributed by atoms with Crippen molar-refractivity contribution in [3.63, 3.8) is 0 Å². The van der Waals surface area contributed by atoms with Crippen LogP contribution in [0.15, 0.2) is 12.2 Å². The van der Waals surface area contributed by atoms with Gasteiger partial charge in [-0.1, -0.05) is 238 Å². The molecule has 0 fully saturated rings. The van der Waals surface area contributed by atoms with E-state index in [1.807, 2.05) is 0 Å². The summed E-state index contributed by atoms with van der Waals surface area (Å²) in [6, 6.07) is 0. The van der Waals surface area contributed by atoms with Crippen molar-refractivity contribution in [2.45, 2.75) is 283 Å². The zero-order chi connectivity index (χ0) is 43.2. The number of ether oxygens (including phenoxy) is 2. The van der Waals surface area contributed by atoms with Crippen molar-refractivity contribution in [2.24, 2.45) is 0 Å². The molecule has 0 aromatic carbocycles. The average Bonchev–Trinajstić information content (AvgIpc) is 3.21. The van der Waals surface area contributed by atoms with Gasteiger partial charge < -0.3 is 19.3 Å². The van der Waals surface area contributed by atoms with Gasteiger partial charge in [-0.05, 0) is 38.5 Å². The summed E-state index contributed by atoms with van der Waals surface area (Å²) < 4.78 is 26.5. The quantitative estimate of drug-likeness (QED) is 0.0269. The van der Waals surface area contributed by atoms with Gasteiger partial charge in [0.2, 0.25) is 0 Å². The molecular formula is C50H97O8P. The maximum absolute atomic E-state index is 12.5. The monoisotopic (exact) mass is 857 g/mol. The molecule has 0 rings (SSSR count). The fourth-order valence-electron chi connectivity index (χ4n) is 7.72. The van der Waals surface area contributed by atoms with Crippen LogP contribution in [0.3, 0.4) is 0 Å². The summed E-state index contributed by atoms with van der Waals surface area (Å²) in [7, 11) is -4.75. The molecule has 0 saturated heterocycles. The van der Waals surface area contributed by atoms with Crippen molar-refractivity contribution in [1.29, 1.82) is 0 Å². The fraction of sp³-hybridized carbons (Fsp3) is 0.920. The number of carbonyl (C=O) groups excluding carboxylic acids is 2. The molecule has 0 aliphatic carbocycles. The van der Waals surface area contributed by atoms with Crippen LogP contribution in [0, 0.1) is 0 Å². The fourth-order valence-corrected chi connectivity index (χ4v) is 8.09. The van der Waals surface area contributed by atoms with E-state index in [-0.39, 0.29) is 19.4 Å². The van der Waals surface area contributed by atoms with Gasteiger partial charge in [-0.2, -0.15) is 0 Å². The van der Waals surface area contributed by atoms with Crippen molar-refractivity contribution in [1.82, 2.24) is 0 Å². The van der Waals surface area contributed by atoms with Crippen LogP contribution >= 0.6 is 7.82 Å². The Labute approximate surface area is 365 Å². The Hall–Kier alpha value is -1.21. The van der Waals surface area contributed by atoms with Crippen molar-refractivity contribution in [3.8, 4) is 0 Å². The normalized spacial score (nSPS) is 12.4. The Balaban J connectivity index is 3.78. The van der Waals surface area contributed by atoms with Gasteiger partial charge in [0.25, 0.3) is 0 Å². The second-order valence-corrected chi connectivity index (χ2v) is 18.7. The van der Waals surface area contributed by atoms with E-state index < -0.39 is 32.5 Å². The molecule has 0 spiro atoms. The van der Waals surface area contributed by atoms with E-state index in [2.05, 4.69) is 30.5 Å². The van der Waals surface area contributed by atoms with E-state index in [0.717, 1.165) is 38.5 Å². The molecule has 2 N–H and O–H groups in total. The smallest absolute Gasteiger partial charge is 0.462 e. The van der Waals surface area contributed by atoms with Gasteiger partial charge in [0.1, 0.15) is 6.61 Å². The number of esters is 2. The molecule has 0 amide bonds. The summed E-state index contributed by atoms with van der Waals surface area (Å²) >= 11 is 0. The Morgan fingerprint density at radius 2 is 0.712 bits per heavy atom. The minimum absolute atomic E-state index is 0.216. The van der Waals surface area contributed by atoms with Gasteiger partial charge in [0.05, 0.1) is 6.61 Å². The molecule has 0 saturated carbocycles. The lowest BCUT2D eigenvalue weighted by Crippen LogP contribution is -2.29. The van der Waals surface area contributed by atoms with E-state index >= 15 is 0 Å². The molecule has 0 aromatic rings. The highest BCUT2D eigenvalue weighted by Gasteiger charge is 2.23. The van der Waals surface area contributed by atoms with Crippen LogP contribution in [0.1, 0.15) is 277 Å². The molecule has 0 heterocycles. The predicted octanol–water partition coefficient (Wildman–Crippen LogP) is 16.1. The van der Waals surface area contributed by atoms with Gasteiger partial charge in [-0.25, -0.2) is 4.57 Å². The lowest BCUT2D eigenvalue weighted by molar-refractivity contribution is -0.161. The summed E-state index contributed by atoms with van der Waals surface area (Å²) in [6.45, 7) is 3.74. The van der Waals surface area contributed by atoms with Crippen LogP contribution in [0.2, 0.25) is 0 Å². The molecule has 9 heteroatoms. The highest BCUT2D eigenvalue weighted by molar-refractivity contribution is 7.46. The lowest BCUT2D eigenvalue weighted by atomic mass is 10.0. The maximum Gasteiger partial charge on any atom is 0.469 e.